The molecule has 2 aliphatic rings. The number of aromatic nitrogens is 2. The number of aliphatic imine (C=N–C) groups is 1. The van der Waals surface area contributed by atoms with Gasteiger partial charge in [-0.15, -0.1) is 0 Å². The lowest BCUT2D eigenvalue weighted by Gasteiger charge is -2.24. The van der Waals surface area contributed by atoms with Gasteiger partial charge in [0.15, 0.2) is 23.6 Å². The predicted molar refractivity (Wildman–Crippen MR) is 95.1 cm³/mol. The van der Waals surface area contributed by atoms with Gasteiger partial charge in [-0.1, -0.05) is 0 Å². The van der Waals surface area contributed by atoms with Crippen LogP contribution in [-0.4, -0.2) is 28.7 Å². The van der Waals surface area contributed by atoms with Gasteiger partial charge in [0.05, 0.1) is 24.2 Å². The van der Waals surface area contributed by atoms with Crippen LogP contribution in [0.5, 0.6) is 11.5 Å². The van der Waals surface area contributed by atoms with Gasteiger partial charge in [-0.25, -0.2) is 18.8 Å². The molecule has 0 spiro atoms. The Morgan fingerprint density at radius 2 is 1.89 bits per heavy atom. The Kier molecular flexibility index (Phi) is 3.43. The maximum Gasteiger partial charge on any atom is 0.212 e. The van der Waals surface area contributed by atoms with Crippen LogP contribution in [0.25, 0.3) is 11.0 Å². The van der Waals surface area contributed by atoms with Gasteiger partial charge in [0, 0.05) is 30.2 Å². The Balaban J connectivity index is 1.72. The second-order valence-corrected chi connectivity index (χ2v) is 6.32. The molecule has 0 saturated heterocycles. The fourth-order valence-electron chi connectivity index (χ4n) is 3.34. The van der Waals surface area contributed by atoms with Crippen molar-refractivity contribution in [1.29, 1.82) is 0 Å². The molecule has 138 valence electrons. The van der Waals surface area contributed by atoms with Crippen LogP contribution in [0.15, 0.2) is 35.3 Å². The standard InChI is InChI=1S/C18H15F2N5O2/c19-9-2-3-10(11(20)6-9)16-23-17(21)24-18-22-12-7-14-15(8-13(12)25(16)18)27-5-1-4-26-14/h2-3,6-8,16H,1,4-5H2,(H3,21,22,23,24)/t16-/m1/s1. The van der Waals surface area contributed by atoms with Gasteiger partial charge in [0.25, 0.3) is 0 Å². The van der Waals surface area contributed by atoms with Gasteiger partial charge >= 0.3 is 0 Å². The van der Waals surface area contributed by atoms with Crippen LogP contribution in [0.3, 0.4) is 0 Å². The highest BCUT2D eigenvalue weighted by Gasteiger charge is 2.28. The zero-order valence-corrected chi connectivity index (χ0v) is 14.1. The highest BCUT2D eigenvalue weighted by Crippen LogP contribution is 2.39. The van der Waals surface area contributed by atoms with Crippen molar-refractivity contribution in [2.75, 3.05) is 18.5 Å². The highest BCUT2D eigenvalue weighted by molar-refractivity contribution is 5.95. The zero-order chi connectivity index (χ0) is 18.5. The summed E-state index contributed by atoms with van der Waals surface area (Å²) in [5, 5.41) is 2.88. The minimum absolute atomic E-state index is 0.0978. The molecular formula is C18H15F2N5O2. The number of imidazole rings is 1. The zero-order valence-electron chi connectivity index (χ0n) is 14.1. The number of hydrogen-bond donors (Lipinski definition) is 2. The van der Waals surface area contributed by atoms with Crippen molar-refractivity contribution in [3.8, 4) is 11.5 Å². The maximum atomic E-state index is 14.4. The first-order valence-electron chi connectivity index (χ1n) is 8.47. The minimum Gasteiger partial charge on any atom is -0.489 e. The van der Waals surface area contributed by atoms with Crippen molar-refractivity contribution >= 4 is 22.9 Å². The summed E-state index contributed by atoms with van der Waals surface area (Å²) in [5.74, 6) is 0.332. The highest BCUT2D eigenvalue weighted by atomic mass is 19.1. The number of hydrogen-bond acceptors (Lipinski definition) is 6. The number of guanidine groups is 1. The van der Waals surface area contributed by atoms with E-state index in [1.807, 2.05) is 0 Å². The van der Waals surface area contributed by atoms with Crippen molar-refractivity contribution in [2.45, 2.75) is 12.6 Å². The molecule has 1 aromatic heterocycles. The van der Waals surface area contributed by atoms with Crippen LogP contribution in [0.1, 0.15) is 18.2 Å². The molecule has 9 heteroatoms. The summed E-state index contributed by atoms with van der Waals surface area (Å²) in [5.41, 5.74) is 7.35. The number of halogens is 2. The number of nitrogens with two attached hydrogens (primary N) is 1. The topological polar surface area (TPSA) is 86.7 Å². The van der Waals surface area contributed by atoms with E-state index in [9.17, 15) is 8.78 Å². The molecule has 3 heterocycles. The van der Waals surface area contributed by atoms with Gasteiger partial charge in [-0.3, -0.25) is 9.88 Å². The predicted octanol–water partition coefficient (Wildman–Crippen LogP) is 2.76. The SMILES string of the molecule is NC1=N[C@@H](c2ccc(F)cc2F)n2c(nc3cc4c(cc32)OCCCO4)N1. The molecule has 0 amide bonds. The average Bonchev–Trinajstić information content (AvgIpc) is 2.81. The molecule has 2 aliphatic heterocycles. The second kappa shape index (κ2) is 5.83. The quantitative estimate of drug-likeness (QED) is 0.687. The van der Waals surface area contributed by atoms with E-state index in [1.165, 1.54) is 12.1 Å². The Bertz CT molecular complexity index is 1100. The van der Waals surface area contributed by atoms with Crippen molar-refractivity contribution < 1.29 is 18.3 Å². The average molecular weight is 371 g/mol. The van der Waals surface area contributed by atoms with Gasteiger partial charge in [-0.2, -0.15) is 0 Å². The van der Waals surface area contributed by atoms with Crippen LogP contribution in [0, 0.1) is 11.6 Å². The number of benzene rings is 2. The number of ether oxygens (including phenoxy) is 2. The van der Waals surface area contributed by atoms with Crippen molar-refractivity contribution in [1.82, 2.24) is 9.55 Å². The molecule has 0 bridgehead atoms. The molecule has 7 nitrogen and oxygen atoms in total. The summed E-state index contributed by atoms with van der Waals surface area (Å²) >= 11 is 0. The fraction of sp³-hybridized carbons (Fsp3) is 0.222. The molecule has 0 radical (unpaired) electrons. The first kappa shape index (κ1) is 15.9. The molecule has 0 aliphatic carbocycles. The Morgan fingerprint density at radius 3 is 2.67 bits per heavy atom. The molecular weight excluding hydrogens is 356 g/mol. The number of fused-ring (bicyclic) bond motifs is 4. The van der Waals surface area contributed by atoms with Gasteiger partial charge < -0.3 is 15.2 Å². The monoisotopic (exact) mass is 371 g/mol. The first-order valence-corrected chi connectivity index (χ1v) is 8.47. The van der Waals surface area contributed by atoms with E-state index in [0.29, 0.717) is 41.7 Å². The lowest BCUT2D eigenvalue weighted by Crippen LogP contribution is -2.31. The van der Waals surface area contributed by atoms with Crippen molar-refractivity contribution in [3.05, 3.63) is 47.5 Å². The molecule has 27 heavy (non-hydrogen) atoms. The molecule has 0 fully saturated rings. The van der Waals surface area contributed by atoms with E-state index in [-0.39, 0.29) is 11.5 Å². The largest absolute Gasteiger partial charge is 0.489 e. The van der Waals surface area contributed by atoms with Gasteiger partial charge in [-0.05, 0) is 12.1 Å². The first-order chi connectivity index (χ1) is 13.1. The molecule has 0 unspecified atom stereocenters. The van der Waals surface area contributed by atoms with E-state index >= 15 is 0 Å². The van der Waals surface area contributed by atoms with E-state index in [2.05, 4.69) is 15.3 Å². The van der Waals surface area contributed by atoms with E-state index < -0.39 is 17.8 Å². The third-order valence-electron chi connectivity index (χ3n) is 4.55. The molecule has 2 aromatic carbocycles. The van der Waals surface area contributed by atoms with E-state index in [0.717, 1.165) is 12.5 Å². The third kappa shape index (κ3) is 2.54. The lowest BCUT2D eigenvalue weighted by atomic mass is 10.1. The van der Waals surface area contributed by atoms with E-state index in [4.69, 9.17) is 15.2 Å². The Hall–Kier alpha value is -3.36. The fourth-order valence-corrected chi connectivity index (χ4v) is 3.34. The summed E-state index contributed by atoms with van der Waals surface area (Å²) in [6.07, 6.45) is -0.0415. The number of rotatable bonds is 1. The summed E-state index contributed by atoms with van der Waals surface area (Å²) < 4.78 is 40.9. The molecule has 5 rings (SSSR count). The van der Waals surface area contributed by atoms with Crippen LogP contribution in [0.2, 0.25) is 0 Å². The molecule has 3 aromatic rings. The molecule has 3 N–H and O–H groups in total. The van der Waals surface area contributed by atoms with Crippen molar-refractivity contribution in [2.24, 2.45) is 10.7 Å². The Labute approximate surface area is 152 Å². The summed E-state index contributed by atoms with van der Waals surface area (Å²) in [6.45, 7) is 1.10. The number of nitrogens with zero attached hydrogens (tertiary/aromatic N) is 3. The molecule has 1 atom stereocenters. The normalized spacial score (nSPS) is 18.4. The van der Waals surface area contributed by atoms with Crippen molar-refractivity contribution in [3.63, 3.8) is 0 Å². The smallest absolute Gasteiger partial charge is 0.212 e. The number of anilines is 1. The number of nitrogens with one attached hydrogen (secondary N) is 1. The summed E-state index contributed by atoms with van der Waals surface area (Å²) in [7, 11) is 0. The summed E-state index contributed by atoms with van der Waals surface area (Å²) in [6, 6.07) is 6.94. The van der Waals surface area contributed by atoms with Crippen LogP contribution >= 0.6 is 0 Å². The van der Waals surface area contributed by atoms with Gasteiger partial charge in [0.1, 0.15) is 11.6 Å². The van der Waals surface area contributed by atoms with E-state index in [1.54, 1.807) is 16.7 Å². The minimum atomic E-state index is -0.823. The maximum absolute atomic E-state index is 14.4. The lowest BCUT2D eigenvalue weighted by molar-refractivity contribution is 0.297. The Morgan fingerprint density at radius 1 is 1.11 bits per heavy atom. The van der Waals surface area contributed by atoms with Crippen LogP contribution < -0.4 is 20.5 Å². The third-order valence-corrected chi connectivity index (χ3v) is 4.55. The molecule has 0 saturated carbocycles. The van der Waals surface area contributed by atoms with Crippen LogP contribution in [0.4, 0.5) is 14.7 Å². The van der Waals surface area contributed by atoms with Gasteiger partial charge in [0.2, 0.25) is 5.95 Å². The second-order valence-electron chi connectivity index (χ2n) is 6.32. The summed E-state index contributed by atoms with van der Waals surface area (Å²) in [4.78, 5) is 8.83. The van der Waals surface area contributed by atoms with Crippen LogP contribution in [-0.2, 0) is 0 Å².